The highest BCUT2D eigenvalue weighted by Crippen LogP contribution is 2.31. The van der Waals surface area contributed by atoms with Gasteiger partial charge in [-0.25, -0.2) is 9.69 Å². The van der Waals surface area contributed by atoms with Gasteiger partial charge < -0.3 is 4.74 Å². The number of hydrogen-bond acceptors (Lipinski definition) is 6. The predicted octanol–water partition coefficient (Wildman–Crippen LogP) is 0.720. The van der Waals surface area contributed by atoms with E-state index < -0.39 is 29.7 Å². The van der Waals surface area contributed by atoms with Crippen LogP contribution in [0.2, 0.25) is 5.02 Å². The molecule has 0 bridgehead atoms. The van der Waals surface area contributed by atoms with Crippen LogP contribution >= 0.6 is 11.6 Å². The molecule has 1 fully saturated rings. The van der Waals surface area contributed by atoms with Gasteiger partial charge >= 0.3 is 5.97 Å². The first-order chi connectivity index (χ1) is 10.5. The number of imide groups is 1. The van der Waals surface area contributed by atoms with E-state index in [1.165, 1.54) is 6.07 Å². The lowest BCUT2D eigenvalue weighted by Crippen LogP contribution is -2.36. The van der Waals surface area contributed by atoms with E-state index in [4.69, 9.17) is 16.3 Å². The van der Waals surface area contributed by atoms with Crippen molar-refractivity contribution >= 4 is 40.8 Å². The third-order valence-electron chi connectivity index (χ3n) is 3.48. The molecule has 114 valence electrons. The Hall–Kier alpha value is -2.41. The second-order valence-corrected chi connectivity index (χ2v) is 5.23. The van der Waals surface area contributed by atoms with Gasteiger partial charge in [0.2, 0.25) is 5.91 Å². The Morgan fingerprint density at radius 2 is 2.18 bits per heavy atom. The van der Waals surface area contributed by atoms with Crippen molar-refractivity contribution in [3.8, 4) is 0 Å². The average Bonchev–Trinajstić information content (AvgIpc) is 3.01. The number of nitrogens with one attached hydrogen (secondary N) is 1. The maximum atomic E-state index is 12.6. The standard InChI is InChI=1S/C14H12ClN3O4/c1-2-22-14(21)11-9-10(16-17-11)13(20)18(12(9)19)8-5-3-4-7(15)6-8/h3-6,9-10,16H,2H2,1H3. The molecule has 1 N–H and O–H groups in total. The summed E-state index contributed by atoms with van der Waals surface area (Å²) in [6.07, 6.45) is 0. The van der Waals surface area contributed by atoms with Crippen molar-refractivity contribution in [3.05, 3.63) is 29.3 Å². The van der Waals surface area contributed by atoms with Crippen molar-refractivity contribution in [1.82, 2.24) is 5.43 Å². The van der Waals surface area contributed by atoms with Crippen molar-refractivity contribution < 1.29 is 19.1 Å². The summed E-state index contributed by atoms with van der Waals surface area (Å²) >= 11 is 5.90. The Morgan fingerprint density at radius 1 is 1.41 bits per heavy atom. The number of halogens is 1. The molecule has 0 aromatic heterocycles. The van der Waals surface area contributed by atoms with Crippen molar-refractivity contribution in [2.45, 2.75) is 13.0 Å². The van der Waals surface area contributed by atoms with Crippen LogP contribution in [0.1, 0.15) is 6.92 Å². The van der Waals surface area contributed by atoms with Gasteiger partial charge in [0.25, 0.3) is 5.91 Å². The first kappa shape index (κ1) is 14.5. The first-order valence-electron chi connectivity index (χ1n) is 6.68. The molecule has 8 heteroatoms. The van der Waals surface area contributed by atoms with E-state index in [0.29, 0.717) is 10.7 Å². The van der Waals surface area contributed by atoms with Crippen LogP contribution in [0.15, 0.2) is 29.4 Å². The summed E-state index contributed by atoms with van der Waals surface area (Å²) in [5, 5.41) is 4.19. The summed E-state index contributed by atoms with van der Waals surface area (Å²) in [5.41, 5.74) is 2.83. The Morgan fingerprint density at radius 3 is 2.86 bits per heavy atom. The van der Waals surface area contributed by atoms with E-state index in [1.54, 1.807) is 25.1 Å². The molecule has 2 aliphatic rings. The number of anilines is 1. The number of carbonyl (C=O) groups excluding carboxylic acids is 3. The van der Waals surface area contributed by atoms with Gasteiger partial charge in [-0.1, -0.05) is 17.7 Å². The van der Waals surface area contributed by atoms with E-state index >= 15 is 0 Å². The van der Waals surface area contributed by atoms with Gasteiger partial charge in [-0.15, -0.1) is 0 Å². The second kappa shape index (κ2) is 5.42. The molecule has 2 unspecified atom stereocenters. The lowest BCUT2D eigenvalue weighted by Gasteiger charge is -2.15. The van der Waals surface area contributed by atoms with Crippen LogP contribution in [0, 0.1) is 5.92 Å². The van der Waals surface area contributed by atoms with Crippen LogP contribution < -0.4 is 10.3 Å². The summed E-state index contributed by atoms with van der Waals surface area (Å²) in [5.74, 6) is -2.66. The summed E-state index contributed by atoms with van der Waals surface area (Å²) in [7, 11) is 0. The van der Waals surface area contributed by atoms with Crippen LogP contribution in [-0.2, 0) is 19.1 Å². The normalized spacial score (nSPS) is 23.2. The molecule has 2 amide bonds. The number of fused-ring (bicyclic) bond motifs is 1. The number of nitrogens with zero attached hydrogens (tertiary/aromatic N) is 2. The average molecular weight is 322 g/mol. The van der Waals surface area contributed by atoms with E-state index in [1.807, 2.05) is 0 Å². The quantitative estimate of drug-likeness (QED) is 0.654. The van der Waals surface area contributed by atoms with Gasteiger partial charge in [0, 0.05) is 5.02 Å². The number of esters is 1. The molecule has 1 aromatic rings. The molecule has 1 aromatic carbocycles. The fraction of sp³-hybridized carbons (Fsp3) is 0.286. The Labute approximate surface area is 130 Å². The van der Waals surface area contributed by atoms with Gasteiger partial charge in [-0.2, -0.15) is 5.10 Å². The number of hydrogen-bond donors (Lipinski definition) is 1. The van der Waals surface area contributed by atoms with E-state index in [9.17, 15) is 14.4 Å². The molecule has 0 spiro atoms. The van der Waals surface area contributed by atoms with Crippen molar-refractivity contribution in [3.63, 3.8) is 0 Å². The first-order valence-corrected chi connectivity index (χ1v) is 7.06. The highest BCUT2D eigenvalue weighted by molar-refractivity contribution is 6.46. The largest absolute Gasteiger partial charge is 0.461 e. The van der Waals surface area contributed by atoms with Gasteiger partial charge in [-0.05, 0) is 25.1 Å². The Balaban J connectivity index is 1.93. The zero-order valence-corrected chi connectivity index (χ0v) is 12.3. The third-order valence-corrected chi connectivity index (χ3v) is 3.71. The fourth-order valence-electron chi connectivity index (χ4n) is 2.53. The van der Waals surface area contributed by atoms with Crippen LogP contribution in [0.5, 0.6) is 0 Å². The topological polar surface area (TPSA) is 88.1 Å². The second-order valence-electron chi connectivity index (χ2n) is 4.79. The fourth-order valence-corrected chi connectivity index (χ4v) is 2.72. The Kier molecular flexibility index (Phi) is 3.58. The minimum Gasteiger partial charge on any atom is -0.461 e. The number of carbonyl (C=O) groups is 3. The number of ether oxygens (including phenoxy) is 1. The number of hydrazone groups is 1. The van der Waals surface area contributed by atoms with Gasteiger partial charge in [-0.3, -0.25) is 15.0 Å². The monoisotopic (exact) mass is 321 g/mol. The zero-order chi connectivity index (χ0) is 15.9. The summed E-state index contributed by atoms with van der Waals surface area (Å²) in [6.45, 7) is 1.81. The van der Waals surface area contributed by atoms with Crippen LogP contribution in [0.4, 0.5) is 5.69 Å². The Bertz CT molecular complexity index is 703. The molecule has 0 radical (unpaired) electrons. The summed E-state index contributed by atoms with van der Waals surface area (Å²) < 4.78 is 4.86. The van der Waals surface area contributed by atoms with Gasteiger partial charge in [0.15, 0.2) is 5.71 Å². The van der Waals surface area contributed by atoms with Gasteiger partial charge in [0.1, 0.15) is 12.0 Å². The SMILES string of the molecule is CCOC(=O)C1=NNC2C(=O)N(c3cccc(Cl)c3)C(=O)C12. The molecule has 0 saturated carbocycles. The molecular formula is C14H12ClN3O4. The summed E-state index contributed by atoms with van der Waals surface area (Å²) in [6, 6.07) is 5.51. The van der Waals surface area contributed by atoms with Crippen LogP contribution in [-0.4, -0.2) is 36.1 Å². The lowest BCUT2D eigenvalue weighted by molar-refractivity contribution is -0.136. The minimum atomic E-state index is -0.967. The number of rotatable bonds is 3. The highest BCUT2D eigenvalue weighted by Gasteiger charge is 2.55. The lowest BCUT2D eigenvalue weighted by atomic mass is 9.99. The zero-order valence-electron chi connectivity index (χ0n) is 11.6. The smallest absolute Gasteiger partial charge is 0.355 e. The van der Waals surface area contributed by atoms with Crippen LogP contribution in [0.25, 0.3) is 0 Å². The summed E-state index contributed by atoms with van der Waals surface area (Å²) in [4.78, 5) is 37.8. The van der Waals surface area contributed by atoms with Crippen molar-refractivity contribution in [1.29, 1.82) is 0 Å². The third kappa shape index (κ3) is 2.14. The van der Waals surface area contributed by atoms with E-state index in [0.717, 1.165) is 4.90 Å². The van der Waals surface area contributed by atoms with E-state index in [2.05, 4.69) is 10.5 Å². The molecule has 22 heavy (non-hydrogen) atoms. The molecular weight excluding hydrogens is 310 g/mol. The van der Waals surface area contributed by atoms with Crippen molar-refractivity contribution in [2.24, 2.45) is 11.0 Å². The molecule has 2 heterocycles. The maximum absolute atomic E-state index is 12.6. The molecule has 0 aliphatic carbocycles. The number of amides is 2. The predicted molar refractivity (Wildman–Crippen MR) is 78.4 cm³/mol. The van der Waals surface area contributed by atoms with E-state index in [-0.39, 0.29) is 12.3 Å². The minimum absolute atomic E-state index is 0.0743. The molecule has 2 aliphatic heterocycles. The number of benzene rings is 1. The maximum Gasteiger partial charge on any atom is 0.355 e. The molecule has 3 rings (SSSR count). The molecule has 1 saturated heterocycles. The van der Waals surface area contributed by atoms with Crippen molar-refractivity contribution in [2.75, 3.05) is 11.5 Å². The molecule has 2 atom stereocenters. The van der Waals surface area contributed by atoms with Gasteiger partial charge in [0.05, 0.1) is 12.3 Å². The van der Waals surface area contributed by atoms with Crippen LogP contribution in [0.3, 0.4) is 0 Å². The highest BCUT2D eigenvalue weighted by atomic mass is 35.5. The molecule has 7 nitrogen and oxygen atoms in total.